The molecule has 5 rings (SSSR count). The van der Waals surface area contributed by atoms with Crippen LogP contribution in [0.15, 0.2) is 54.6 Å². The molecule has 2 atom stereocenters. The van der Waals surface area contributed by atoms with Gasteiger partial charge in [-0.25, -0.2) is 4.79 Å². The van der Waals surface area contributed by atoms with Crippen molar-refractivity contribution in [2.24, 2.45) is 11.8 Å². The second-order valence-corrected chi connectivity index (χ2v) is 11.0. The molecule has 2 aliphatic heterocycles. The van der Waals surface area contributed by atoms with E-state index in [0.29, 0.717) is 52.0 Å². The average Bonchev–Trinajstić information content (AvgIpc) is 3.14. The van der Waals surface area contributed by atoms with Crippen LogP contribution in [0.4, 0.5) is 0 Å². The number of ether oxygens (including phenoxy) is 2. The molecule has 0 saturated carbocycles. The maximum Gasteiger partial charge on any atom is 0.340 e. The summed E-state index contributed by atoms with van der Waals surface area (Å²) in [6.07, 6.45) is 3.77. The fraction of sp³-hybridized carbons (Fsp3) is 0.333. The summed E-state index contributed by atoms with van der Waals surface area (Å²) in [6.45, 7) is 5.42. The minimum Gasteiger partial charge on any atom is -1.00 e. The van der Waals surface area contributed by atoms with Gasteiger partial charge in [-0.3, -0.25) is 0 Å². The lowest BCUT2D eigenvalue weighted by molar-refractivity contribution is -0.378. The zero-order valence-electron chi connectivity index (χ0n) is 21.5. The number of aromatic hydroxyl groups is 2. The van der Waals surface area contributed by atoms with E-state index in [2.05, 4.69) is 19.6 Å². The number of esters is 1. The molecule has 2 unspecified atom stereocenters. The lowest BCUT2D eigenvalue weighted by Crippen LogP contribution is -3.00. The van der Waals surface area contributed by atoms with Crippen LogP contribution < -0.4 is 22.9 Å². The predicted molar refractivity (Wildman–Crippen MR) is 144 cm³/mol. The van der Waals surface area contributed by atoms with Crippen molar-refractivity contribution in [2.45, 2.75) is 45.1 Å². The van der Waals surface area contributed by atoms with Gasteiger partial charge in [-0.15, -0.1) is 0 Å². The highest BCUT2D eigenvalue weighted by Gasteiger charge is 2.53. The molecule has 0 amide bonds. The first-order chi connectivity index (χ1) is 17.7. The topological polar surface area (TPSA) is 104 Å². The summed E-state index contributed by atoms with van der Waals surface area (Å²) in [5, 5.41) is 20.1. The summed E-state index contributed by atoms with van der Waals surface area (Å²) in [4.78, 5) is 14.3. The van der Waals surface area contributed by atoms with Gasteiger partial charge in [0.15, 0.2) is 5.60 Å². The highest BCUT2D eigenvalue weighted by Crippen LogP contribution is 2.57. The Morgan fingerprint density at radius 2 is 1.50 bits per heavy atom. The van der Waals surface area contributed by atoms with E-state index in [1.54, 1.807) is 24.3 Å². The normalized spacial score (nSPS) is 15.8. The third-order valence-corrected chi connectivity index (χ3v) is 7.77. The third kappa shape index (κ3) is 4.98. The Bertz CT molecular complexity index is 1340. The number of halogens is 1. The number of fused-ring (bicyclic) bond motifs is 6. The number of carbonyl (C=O) groups excluding carboxylic acids is 1. The summed E-state index contributed by atoms with van der Waals surface area (Å²) in [5.74, 6) is 1.49. The molecule has 6 nitrogen and oxygen atoms in total. The van der Waals surface area contributed by atoms with Crippen LogP contribution >= 0.6 is 12.2 Å². The monoisotopic (exact) mass is 553 g/mol. The fourth-order valence-corrected chi connectivity index (χ4v) is 5.82. The van der Waals surface area contributed by atoms with E-state index in [1.165, 1.54) is 12.1 Å². The Morgan fingerprint density at radius 1 is 0.921 bits per heavy atom. The maximum atomic E-state index is 13.3. The summed E-state index contributed by atoms with van der Waals surface area (Å²) >= 11 is 5.73. The van der Waals surface area contributed by atoms with Crippen LogP contribution in [0.5, 0.6) is 23.0 Å². The van der Waals surface area contributed by atoms with Crippen LogP contribution in [0.25, 0.3) is 0 Å². The average molecular weight is 554 g/mol. The molecule has 8 heteroatoms. The second-order valence-electron chi connectivity index (χ2n) is 10.4. The molecular formula is C30H32ClNO5S. The Morgan fingerprint density at radius 3 is 2.11 bits per heavy atom. The number of phenolic OH excluding ortho intramolecular Hbond substituents is 2. The maximum absolute atomic E-state index is 13.3. The van der Waals surface area contributed by atoms with Gasteiger partial charge in [0.05, 0.1) is 12.1 Å². The van der Waals surface area contributed by atoms with Gasteiger partial charge in [-0.1, -0.05) is 38.2 Å². The summed E-state index contributed by atoms with van der Waals surface area (Å²) in [6, 6.07) is 15.3. The molecule has 0 radical (unpaired) electrons. The van der Waals surface area contributed by atoms with E-state index in [-0.39, 0.29) is 23.9 Å². The van der Waals surface area contributed by atoms with Crippen molar-refractivity contribution in [2.75, 3.05) is 6.54 Å². The number of quaternary nitrogens is 1. The fourth-order valence-electron chi connectivity index (χ4n) is 5.37. The highest BCUT2D eigenvalue weighted by molar-refractivity contribution is 7.80. The molecule has 3 aromatic rings. The van der Waals surface area contributed by atoms with Crippen molar-refractivity contribution < 1.29 is 42.6 Å². The number of hydrogen-bond acceptors (Lipinski definition) is 6. The van der Waals surface area contributed by atoms with Crippen molar-refractivity contribution in [1.82, 2.24) is 0 Å². The Kier molecular flexibility index (Phi) is 8.02. The molecule has 2 heterocycles. The largest absolute Gasteiger partial charge is 1.00 e. The van der Waals surface area contributed by atoms with Crippen molar-refractivity contribution >= 4 is 23.1 Å². The van der Waals surface area contributed by atoms with E-state index in [4.69, 9.17) is 21.7 Å². The second kappa shape index (κ2) is 10.9. The van der Waals surface area contributed by atoms with E-state index < -0.39 is 11.6 Å². The van der Waals surface area contributed by atoms with Gasteiger partial charge in [-0.2, -0.15) is 0 Å². The van der Waals surface area contributed by atoms with Gasteiger partial charge in [-0.05, 0) is 65.9 Å². The molecule has 0 aliphatic carbocycles. The molecule has 3 aromatic carbocycles. The molecule has 5 N–H and O–H groups in total. The van der Waals surface area contributed by atoms with Gasteiger partial charge < -0.3 is 37.8 Å². The quantitative estimate of drug-likeness (QED) is 0.292. The number of thiocarbonyl (C=S) groups is 1. The first-order valence-electron chi connectivity index (χ1n) is 12.7. The lowest BCUT2D eigenvalue weighted by atomic mass is 9.77. The van der Waals surface area contributed by atoms with Crippen molar-refractivity contribution in [3.05, 3.63) is 82.4 Å². The zero-order chi connectivity index (χ0) is 26.3. The predicted octanol–water partition coefficient (Wildman–Crippen LogP) is 2.27. The van der Waals surface area contributed by atoms with E-state index >= 15 is 0 Å². The van der Waals surface area contributed by atoms with Crippen LogP contribution in [-0.4, -0.2) is 27.6 Å². The first kappa shape index (κ1) is 27.9. The molecule has 38 heavy (non-hydrogen) atoms. The van der Waals surface area contributed by atoms with Gasteiger partial charge in [0, 0.05) is 41.2 Å². The highest BCUT2D eigenvalue weighted by atomic mass is 35.5. The third-order valence-electron chi connectivity index (χ3n) is 7.46. The first-order valence-corrected chi connectivity index (χ1v) is 13.1. The van der Waals surface area contributed by atoms with Crippen molar-refractivity contribution in [3.8, 4) is 23.0 Å². The van der Waals surface area contributed by atoms with Gasteiger partial charge in [0.2, 0.25) is 0 Å². The minimum atomic E-state index is -1.24. The molecule has 0 bridgehead atoms. The molecule has 1 spiro atoms. The molecule has 0 aromatic heterocycles. The summed E-state index contributed by atoms with van der Waals surface area (Å²) in [7, 11) is 0. The van der Waals surface area contributed by atoms with Crippen molar-refractivity contribution in [3.63, 3.8) is 0 Å². The standard InChI is InChI=1S/C30H31NO5S.ClH/c1-17(3-4-18(2)16-31)11-22(37)12-19-5-8-24-23(13-19)29(34)36-30(24)25-9-6-20(32)14-27(25)35-28-15-21(33)7-10-26(28)30;/h5-10,13-15,17-18,32-33H,3-4,11-12,16,31H2,1-2H3;1H. The van der Waals surface area contributed by atoms with Crippen LogP contribution in [0.2, 0.25) is 0 Å². The molecule has 2 aliphatic rings. The lowest BCUT2D eigenvalue weighted by Gasteiger charge is -2.36. The molecule has 200 valence electrons. The minimum absolute atomic E-state index is 0. The van der Waals surface area contributed by atoms with E-state index in [0.717, 1.165) is 36.2 Å². The summed E-state index contributed by atoms with van der Waals surface area (Å²) in [5.41, 5.74) is 6.13. The Labute approximate surface area is 234 Å². The summed E-state index contributed by atoms with van der Waals surface area (Å²) < 4.78 is 12.2. The zero-order valence-corrected chi connectivity index (χ0v) is 23.1. The van der Waals surface area contributed by atoms with E-state index in [9.17, 15) is 15.0 Å². The Balaban J connectivity index is 0.00000336. The Hall–Kier alpha value is -3.13. The van der Waals surface area contributed by atoms with E-state index in [1.807, 2.05) is 18.2 Å². The van der Waals surface area contributed by atoms with Crippen LogP contribution in [0.3, 0.4) is 0 Å². The van der Waals surface area contributed by atoms with Crippen LogP contribution in [0, 0.1) is 11.8 Å². The van der Waals surface area contributed by atoms with Gasteiger partial charge >= 0.3 is 5.97 Å². The van der Waals surface area contributed by atoms with Gasteiger partial charge in [0.1, 0.15) is 23.0 Å². The number of phenols is 2. The van der Waals surface area contributed by atoms with Gasteiger partial charge in [0.25, 0.3) is 0 Å². The number of benzene rings is 3. The molecule has 0 saturated heterocycles. The van der Waals surface area contributed by atoms with Crippen LogP contribution in [0.1, 0.15) is 65.7 Å². The van der Waals surface area contributed by atoms with Crippen molar-refractivity contribution in [1.29, 1.82) is 0 Å². The smallest absolute Gasteiger partial charge is 0.340 e. The van der Waals surface area contributed by atoms with Crippen LogP contribution in [-0.2, 0) is 16.8 Å². The number of carbonyl (C=O) groups is 1. The molecular weight excluding hydrogens is 522 g/mol. The molecule has 0 fully saturated rings. The SMILES string of the molecule is CC(C[NH3+])CCC(C)CC(=S)Cc1ccc2c(c1)C(=O)OC21c2ccc(O)cc2Oc2cc(O)ccc21.[Cl-]. The number of hydrogen-bond donors (Lipinski definition) is 3. The number of rotatable bonds is 8.